The van der Waals surface area contributed by atoms with E-state index < -0.39 is 4.92 Å². The van der Waals surface area contributed by atoms with E-state index in [1.54, 1.807) is 24.3 Å². The standard InChI is InChI=1S/C17H16N2O4S/c1-12(20)16-8-7-15(24-16)10-11-18-17(21)9-4-13-2-5-14(6-3-13)19(22)23/h2-9H,10-11H2,1H3,(H,18,21)/b9-4+. The molecule has 0 fully saturated rings. The number of carbonyl (C=O) groups excluding carboxylic acids is 2. The molecule has 0 unspecified atom stereocenters. The Labute approximate surface area is 143 Å². The van der Waals surface area contributed by atoms with Gasteiger partial charge < -0.3 is 5.32 Å². The van der Waals surface area contributed by atoms with Crippen molar-refractivity contribution in [3.8, 4) is 0 Å². The number of nitro benzene ring substituents is 1. The van der Waals surface area contributed by atoms with Crippen molar-refractivity contribution >= 4 is 34.8 Å². The average Bonchev–Trinajstić information content (AvgIpc) is 3.02. The van der Waals surface area contributed by atoms with Gasteiger partial charge in [0.1, 0.15) is 0 Å². The molecule has 7 heteroatoms. The number of hydrogen-bond acceptors (Lipinski definition) is 5. The summed E-state index contributed by atoms with van der Waals surface area (Å²) in [6, 6.07) is 9.62. The van der Waals surface area contributed by atoms with E-state index in [9.17, 15) is 19.7 Å². The first-order valence-corrected chi connectivity index (χ1v) is 8.07. The van der Waals surface area contributed by atoms with Crippen LogP contribution in [0.15, 0.2) is 42.5 Å². The summed E-state index contributed by atoms with van der Waals surface area (Å²) in [5.74, 6) is -0.196. The van der Waals surface area contributed by atoms with Crippen molar-refractivity contribution in [1.29, 1.82) is 0 Å². The molecule has 1 aromatic carbocycles. The molecule has 0 radical (unpaired) electrons. The van der Waals surface area contributed by atoms with Gasteiger partial charge >= 0.3 is 0 Å². The Morgan fingerprint density at radius 2 is 1.92 bits per heavy atom. The molecule has 1 amide bonds. The molecule has 1 N–H and O–H groups in total. The van der Waals surface area contributed by atoms with Crippen LogP contribution in [0.25, 0.3) is 6.08 Å². The first-order chi connectivity index (χ1) is 11.5. The van der Waals surface area contributed by atoms with Crippen molar-refractivity contribution in [2.75, 3.05) is 6.54 Å². The lowest BCUT2D eigenvalue weighted by molar-refractivity contribution is -0.384. The first kappa shape index (κ1) is 17.6. The molecule has 0 spiro atoms. The largest absolute Gasteiger partial charge is 0.352 e. The van der Waals surface area contributed by atoms with Gasteiger partial charge in [0.15, 0.2) is 5.78 Å². The van der Waals surface area contributed by atoms with E-state index in [4.69, 9.17) is 0 Å². The van der Waals surface area contributed by atoms with Gasteiger partial charge in [0, 0.05) is 29.6 Å². The summed E-state index contributed by atoms with van der Waals surface area (Å²) >= 11 is 1.43. The highest BCUT2D eigenvalue weighted by molar-refractivity contribution is 7.14. The van der Waals surface area contributed by atoms with Crippen LogP contribution in [-0.2, 0) is 11.2 Å². The lowest BCUT2D eigenvalue weighted by Gasteiger charge is -2.00. The van der Waals surface area contributed by atoms with Crippen LogP contribution in [0, 0.1) is 10.1 Å². The monoisotopic (exact) mass is 344 g/mol. The number of rotatable bonds is 7. The van der Waals surface area contributed by atoms with E-state index >= 15 is 0 Å². The molecule has 6 nitrogen and oxygen atoms in total. The van der Waals surface area contributed by atoms with Gasteiger partial charge in [-0.2, -0.15) is 0 Å². The Balaban J connectivity index is 1.79. The third kappa shape index (κ3) is 5.13. The summed E-state index contributed by atoms with van der Waals surface area (Å²) in [7, 11) is 0. The predicted molar refractivity (Wildman–Crippen MR) is 93.2 cm³/mol. The Morgan fingerprint density at radius 3 is 2.50 bits per heavy atom. The normalized spacial score (nSPS) is 10.7. The van der Waals surface area contributed by atoms with Crippen LogP contribution in [0.4, 0.5) is 5.69 Å². The predicted octanol–water partition coefficient (Wildman–Crippen LogP) is 3.23. The maximum absolute atomic E-state index is 11.7. The fourth-order valence-corrected chi connectivity index (χ4v) is 2.85. The summed E-state index contributed by atoms with van der Waals surface area (Å²) in [5.41, 5.74) is 0.720. The minimum atomic E-state index is -0.470. The Morgan fingerprint density at radius 1 is 1.21 bits per heavy atom. The summed E-state index contributed by atoms with van der Waals surface area (Å²) < 4.78 is 0. The van der Waals surface area contributed by atoms with Crippen LogP contribution in [0.1, 0.15) is 27.0 Å². The number of ketones is 1. The van der Waals surface area contributed by atoms with Gasteiger partial charge in [-0.05, 0) is 49.2 Å². The van der Waals surface area contributed by atoms with E-state index in [1.165, 1.54) is 36.5 Å². The highest BCUT2D eigenvalue weighted by Crippen LogP contribution is 2.17. The van der Waals surface area contributed by atoms with Crippen molar-refractivity contribution in [1.82, 2.24) is 5.32 Å². The van der Waals surface area contributed by atoms with E-state index in [0.29, 0.717) is 18.5 Å². The van der Waals surface area contributed by atoms with Gasteiger partial charge in [-0.1, -0.05) is 0 Å². The molecule has 1 aromatic heterocycles. The maximum Gasteiger partial charge on any atom is 0.269 e. The Kier molecular flexibility index (Phi) is 5.97. The molecule has 0 saturated heterocycles. The number of nitro groups is 1. The number of non-ortho nitro benzene ring substituents is 1. The maximum atomic E-state index is 11.7. The van der Waals surface area contributed by atoms with Gasteiger partial charge in [-0.15, -0.1) is 11.3 Å². The molecule has 124 valence electrons. The van der Waals surface area contributed by atoms with Crippen LogP contribution in [0.5, 0.6) is 0 Å². The number of Topliss-reactive ketones (excluding diaryl/α,β-unsaturated/α-hetero) is 1. The van der Waals surface area contributed by atoms with Crippen molar-refractivity contribution < 1.29 is 14.5 Å². The van der Waals surface area contributed by atoms with Crippen LogP contribution >= 0.6 is 11.3 Å². The second kappa shape index (κ2) is 8.16. The summed E-state index contributed by atoms with van der Waals surface area (Å²) in [6.07, 6.45) is 3.64. The Hall–Kier alpha value is -2.80. The molecular weight excluding hydrogens is 328 g/mol. The van der Waals surface area contributed by atoms with E-state index in [1.807, 2.05) is 6.07 Å². The number of carbonyl (C=O) groups is 2. The van der Waals surface area contributed by atoms with Gasteiger partial charge in [-0.3, -0.25) is 19.7 Å². The molecule has 0 bridgehead atoms. The van der Waals surface area contributed by atoms with Crippen LogP contribution < -0.4 is 5.32 Å². The van der Waals surface area contributed by atoms with Crippen LogP contribution in [0.2, 0.25) is 0 Å². The first-order valence-electron chi connectivity index (χ1n) is 7.26. The van der Waals surface area contributed by atoms with Gasteiger partial charge in [0.05, 0.1) is 9.80 Å². The quantitative estimate of drug-likeness (QED) is 0.361. The fraction of sp³-hybridized carbons (Fsp3) is 0.176. The molecule has 0 saturated carbocycles. The number of hydrogen-bond donors (Lipinski definition) is 1. The topological polar surface area (TPSA) is 89.3 Å². The minimum absolute atomic E-state index is 0.0116. The van der Waals surface area contributed by atoms with Gasteiger partial charge in [0.25, 0.3) is 5.69 Å². The summed E-state index contributed by atoms with van der Waals surface area (Å²) in [5, 5.41) is 13.3. The van der Waals surface area contributed by atoms with Crippen LogP contribution in [-0.4, -0.2) is 23.2 Å². The molecule has 2 rings (SSSR count). The number of benzene rings is 1. The Bertz CT molecular complexity index is 778. The third-order valence-electron chi connectivity index (χ3n) is 3.21. The van der Waals surface area contributed by atoms with Crippen LogP contribution in [0.3, 0.4) is 0 Å². The minimum Gasteiger partial charge on any atom is -0.352 e. The lowest BCUT2D eigenvalue weighted by Crippen LogP contribution is -2.23. The highest BCUT2D eigenvalue weighted by atomic mass is 32.1. The highest BCUT2D eigenvalue weighted by Gasteiger charge is 2.05. The average molecular weight is 344 g/mol. The fourth-order valence-electron chi connectivity index (χ4n) is 1.95. The SMILES string of the molecule is CC(=O)c1ccc(CCNC(=O)/C=C/c2ccc([N+](=O)[O-])cc2)s1. The molecule has 1 heterocycles. The molecule has 0 aliphatic carbocycles. The zero-order valence-electron chi connectivity index (χ0n) is 13.0. The van der Waals surface area contributed by atoms with E-state index in [-0.39, 0.29) is 17.4 Å². The summed E-state index contributed by atoms with van der Waals surface area (Å²) in [6.45, 7) is 2.00. The molecule has 0 atom stereocenters. The second-order valence-corrected chi connectivity index (χ2v) is 6.21. The number of nitrogens with zero attached hydrogens (tertiary/aromatic N) is 1. The molecule has 0 aliphatic rings. The van der Waals surface area contributed by atoms with Crippen molar-refractivity contribution in [3.05, 3.63) is 67.9 Å². The molecule has 24 heavy (non-hydrogen) atoms. The molecule has 0 aliphatic heterocycles. The number of nitrogens with one attached hydrogen (secondary N) is 1. The second-order valence-electron chi connectivity index (χ2n) is 5.05. The van der Waals surface area contributed by atoms with Gasteiger partial charge in [0.2, 0.25) is 5.91 Å². The lowest BCUT2D eigenvalue weighted by atomic mass is 10.2. The third-order valence-corrected chi connectivity index (χ3v) is 4.46. The zero-order valence-corrected chi connectivity index (χ0v) is 13.8. The smallest absolute Gasteiger partial charge is 0.269 e. The van der Waals surface area contributed by atoms with E-state index in [2.05, 4.69) is 5.32 Å². The zero-order chi connectivity index (χ0) is 17.5. The number of thiophene rings is 1. The van der Waals surface area contributed by atoms with Crippen molar-refractivity contribution in [2.24, 2.45) is 0 Å². The number of amides is 1. The molecular formula is C17H16N2O4S. The van der Waals surface area contributed by atoms with E-state index in [0.717, 1.165) is 9.75 Å². The van der Waals surface area contributed by atoms with Gasteiger partial charge in [-0.25, -0.2) is 0 Å². The molecule has 2 aromatic rings. The van der Waals surface area contributed by atoms with Crippen molar-refractivity contribution in [3.63, 3.8) is 0 Å². The van der Waals surface area contributed by atoms with Crippen molar-refractivity contribution in [2.45, 2.75) is 13.3 Å². The summed E-state index contributed by atoms with van der Waals surface area (Å²) in [4.78, 5) is 34.8.